The van der Waals surface area contributed by atoms with E-state index >= 15 is 0 Å². The van der Waals surface area contributed by atoms with Gasteiger partial charge in [0, 0.05) is 9.32 Å². The first-order valence-electron chi connectivity index (χ1n) is 7.32. The van der Waals surface area contributed by atoms with Crippen molar-refractivity contribution in [2.45, 2.75) is 18.1 Å². The Balaban J connectivity index is 1.83. The van der Waals surface area contributed by atoms with Crippen LogP contribution in [0.5, 0.6) is 5.75 Å². The number of para-hydroxylation sites is 1. The molecule has 0 unspecified atom stereocenters. The number of aromatic hydroxyl groups is 1. The number of aryl methyl sites for hydroxylation is 1. The lowest BCUT2D eigenvalue weighted by atomic mass is 10.1. The second kappa shape index (κ2) is 7.43. The van der Waals surface area contributed by atoms with Gasteiger partial charge in [-0.25, -0.2) is 4.98 Å². The van der Waals surface area contributed by atoms with E-state index in [4.69, 9.17) is 0 Å². The molecular weight excluding hydrogens is 439 g/mol. The Hall–Kier alpha value is -1.74. The van der Waals surface area contributed by atoms with Crippen LogP contribution in [0.2, 0.25) is 0 Å². The van der Waals surface area contributed by atoms with E-state index in [-0.39, 0.29) is 12.3 Å². The molecule has 0 amide bonds. The van der Waals surface area contributed by atoms with Gasteiger partial charge >= 0.3 is 5.97 Å². The minimum Gasteiger partial charge on any atom is -0.508 e. The highest BCUT2D eigenvalue weighted by molar-refractivity contribution is 14.1. The highest BCUT2D eigenvalue weighted by atomic mass is 127. The Morgan fingerprint density at radius 3 is 2.79 bits per heavy atom. The zero-order valence-electron chi connectivity index (χ0n) is 12.6. The van der Waals surface area contributed by atoms with E-state index in [1.54, 1.807) is 16.7 Å². The predicted octanol–water partition coefficient (Wildman–Crippen LogP) is 3.77. The number of benzene rings is 2. The van der Waals surface area contributed by atoms with Crippen LogP contribution >= 0.6 is 34.4 Å². The summed E-state index contributed by atoms with van der Waals surface area (Å²) in [6, 6.07) is 13.0. The Morgan fingerprint density at radius 1 is 1.25 bits per heavy atom. The first-order chi connectivity index (χ1) is 11.5. The molecule has 0 bridgehead atoms. The molecule has 124 valence electrons. The van der Waals surface area contributed by atoms with Crippen LogP contribution in [0.1, 0.15) is 5.56 Å². The summed E-state index contributed by atoms with van der Waals surface area (Å²) in [4.78, 5) is 15.8. The van der Waals surface area contributed by atoms with Crippen LogP contribution in [0.25, 0.3) is 11.0 Å². The van der Waals surface area contributed by atoms with Crippen LogP contribution in [0.4, 0.5) is 0 Å². The molecule has 0 fully saturated rings. The number of halogens is 1. The molecule has 0 aliphatic carbocycles. The molecule has 3 rings (SSSR count). The lowest BCUT2D eigenvalue weighted by Crippen LogP contribution is -2.10. The van der Waals surface area contributed by atoms with Gasteiger partial charge in [0.25, 0.3) is 0 Å². The molecule has 0 radical (unpaired) electrons. The average molecular weight is 454 g/mol. The summed E-state index contributed by atoms with van der Waals surface area (Å²) < 4.78 is 2.77. The molecule has 1 heterocycles. The molecule has 2 aromatic carbocycles. The smallest absolute Gasteiger partial charge is 0.323 e. The third-order valence-electron chi connectivity index (χ3n) is 3.56. The van der Waals surface area contributed by atoms with Crippen LogP contribution in [-0.2, 0) is 17.8 Å². The summed E-state index contributed by atoms with van der Waals surface area (Å²) in [7, 11) is 0. The fraction of sp³-hybridized carbons (Fsp3) is 0.176. The molecule has 24 heavy (non-hydrogen) atoms. The Morgan fingerprint density at radius 2 is 2.04 bits per heavy atom. The first kappa shape index (κ1) is 17.1. The number of aromatic nitrogens is 2. The van der Waals surface area contributed by atoms with Crippen LogP contribution in [0, 0.1) is 3.57 Å². The number of fused-ring (bicyclic) bond motifs is 1. The van der Waals surface area contributed by atoms with Gasteiger partial charge in [0.2, 0.25) is 0 Å². The van der Waals surface area contributed by atoms with Gasteiger partial charge in [0.1, 0.15) is 12.3 Å². The van der Waals surface area contributed by atoms with E-state index in [9.17, 15) is 15.0 Å². The van der Waals surface area contributed by atoms with Crippen molar-refractivity contribution in [3.05, 3.63) is 51.6 Å². The van der Waals surface area contributed by atoms with Crippen LogP contribution in [0.3, 0.4) is 0 Å². The number of carbonyl (C=O) groups is 1. The van der Waals surface area contributed by atoms with Gasteiger partial charge in [0.15, 0.2) is 5.16 Å². The van der Waals surface area contributed by atoms with Crippen molar-refractivity contribution < 1.29 is 15.0 Å². The van der Waals surface area contributed by atoms with Gasteiger partial charge in [0.05, 0.1) is 11.0 Å². The molecular formula is C17H15IN2O3S. The fourth-order valence-electron chi connectivity index (χ4n) is 2.45. The quantitative estimate of drug-likeness (QED) is 0.438. The Bertz CT molecular complexity index is 895. The minimum atomic E-state index is -0.893. The highest BCUT2D eigenvalue weighted by Gasteiger charge is 2.14. The van der Waals surface area contributed by atoms with Gasteiger partial charge in [-0.2, -0.15) is 0 Å². The second-order valence-corrected chi connectivity index (χ2v) is 7.54. The van der Waals surface area contributed by atoms with Crippen molar-refractivity contribution in [2.24, 2.45) is 0 Å². The topological polar surface area (TPSA) is 75.3 Å². The van der Waals surface area contributed by atoms with Crippen molar-refractivity contribution in [1.29, 1.82) is 0 Å². The summed E-state index contributed by atoms with van der Waals surface area (Å²) in [6.07, 6.45) is 0.686. The number of carboxylic acid groups (broad SMARTS) is 1. The number of phenols is 1. The molecule has 5 nitrogen and oxygen atoms in total. The molecule has 0 spiro atoms. The Labute approximate surface area is 156 Å². The van der Waals surface area contributed by atoms with Crippen LogP contribution in [-0.4, -0.2) is 31.5 Å². The molecule has 0 aliphatic rings. The monoisotopic (exact) mass is 454 g/mol. The van der Waals surface area contributed by atoms with E-state index in [0.29, 0.717) is 17.3 Å². The van der Waals surface area contributed by atoms with E-state index in [0.717, 1.165) is 20.2 Å². The number of nitrogens with zero attached hydrogens (tertiary/aromatic N) is 2. The van der Waals surface area contributed by atoms with Gasteiger partial charge in [-0.15, -0.1) is 0 Å². The molecule has 7 heteroatoms. The van der Waals surface area contributed by atoms with Crippen molar-refractivity contribution in [1.82, 2.24) is 9.55 Å². The summed E-state index contributed by atoms with van der Waals surface area (Å²) in [5.41, 5.74) is 2.50. The van der Waals surface area contributed by atoms with Gasteiger partial charge in [-0.05, 0) is 58.8 Å². The van der Waals surface area contributed by atoms with Crippen molar-refractivity contribution in [3.63, 3.8) is 0 Å². The second-order valence-electron chi connectivity index (χ2n) is 5.23. The summed E-state index contributed by atoms with van der Waals surface area (Å²) in [5, 5.41) is 19.7. The molecule has 0 saturated carbocycles. The van der Waals surface area contributed by atoms with Gasteiger partial charge in [-0.1, -0.05) is 30.0 Å². The summed E-state index contributed by atoms with van der Waals surface area (Å²) in [5.74, 6) is 0.0971. The zero-order valence-corrected chi connectivity index (χ0v) is 15.6. The van der Waals surface area contributed by atoms with Crippen LogP contribution in [0.15, 0.2) is 47.6 Å². The molecule has 0 aliphatic heterocycles. The maximum Gasteiger partial charge on any atom is 0.323 e. The third kappa shape index (κ3) is 3.84. The van der Waals surface area contributed by atoms with Crippen LogP contribution < -0.4 is 0 Å². The number of imidazole rings is 1. The van der Waals surface area contributed by atoms with E-state index in [2.05, 4.69) is 27.6 Å². The standard InChI is InChI=1S/C17H15IN2O3S/c18-12-5-6-13-14(9-12)20(10-16(22)23)17(19-13)24-8-7-11-3-1-2-4-15(11)21/h1-6,9,21H,7-8,10H2,(H,22,23). The lowest BCUT2D eigenvalue weighted by Gasteiger charge is -2.07. The number of hydrogen-bond donors (Lipinski definition) is 2. The van der Waals surface area contributed by atoms with E-state index in [1.807, 2.05) is 30.3 Å². The molecule has 0 atom stereocenters. The molecule has 3 aromatic rings. The maximum absolute atomic E-state index is 11.2. The molecule has 1 aromatic heterocycles. The molecule has 2 N–H and O–H groups in total. The number of rotatable bonds is 6. The number of aliphatic carboxylic acids is 1. The SMILES string of the molecule is O=C(O)Cn1c(SCCc2ccccc2O)nc2ccc(I)cc21. The van der Waals surface area contributed by atoms with Crippen molar-refractivity contribution in [3.8, 4) is 5.75 Å². The van der Waals surface area contributed by atoms with Gasteiger partial charge < -0.3 is 14.8 Å². The fourth-order valence-corrected chi connectivity index (χ4v) is 3.91. The normalized spacial score (nSPS) is 11.0. The highest BCUT2D eigenvalue weighted by Crippen LogP contribution is 2.27. The predicted molar refractivity (Wildman–Crippen MR) is 103 cm³/mol. The van der Waals surface area contributed by atoms with E-state index in [1.165, 1.54) is 11.8 Å². The van der Waals surface area contributed by atoms with Gasteiger partial charge in [-0.3, -0.25) is 4.79 Å². The largest absolute Gasteiger partial charge is 0.508 e. The first-order valence-corrected chi connectivity index (χ1v) is 9.38. The molecule has 0 saturated heterocycles. The Kier molecular flexibility index (Phi) is 5.30. The summed E-state index contributed by atoms with van der Waals surface area (Å²) in [6.45, 7) is -0.116. The summed E-state index contributed by atoms with van der Waals surface area (Å²) >= 11 is 3.70. The third-order valence-corrected chi connectivity index (χ3v) is 5.21. The average Bonchev–Trinajstić information content (AvgIpc) is 2.86. The number of carboxylic acids is 1. The maximum atomic E-state index is 11.2. The van der Waals surface area contributed by atoms with Crippen molar-refractivity contribution in [2.75, 3.05) is 5.75 Å². The van der Waals surface area contributed by atoms with Crippen molar-refractivity contribution >= 4 is 51.4 Å². The number of thioether (sulfide) groups is 1. The number of hydrogen-bond acceptors (Lipinski definition) is 4. The zero-order chi connectivity index (χ0) is 17.1. The van der Waals surface area contributed by atoms with E-state index < -0.39 is 5.97 Å². The minimum absolute atomic E-state index is 0.116. The lowest BCUT2D eigenvalue weighted by molar-refractivity contribution is -0.137. The number of phenolic OH excluding ortho intramolecular Hbond substituents is 1.